The first kappa shape index (κ1) is 24.2. The van der Waals surface area contributed by atoms with Crippen molar-refractivity contribution < 1.29 is 28.6 Å². The van der Waals surface area contributed by atoms with E-state index >= 15 is 0 Å². The Balaban J connectivity index is 1.62. The first-order valence-electron chi connectivity index (χ1n) is 12.3. The fourth-order valence-electron chi connectivity index (χ4n) is 7.37. The van der Waals surface area contributed by atoms with Crippen molar-refractivity contribution in [3.8, 4) is 0 Å². The third kappa shape index (κ3) is 4.20. The number of epoxide rings is 1. The Hall–Kier alpha value is -1.95. The number of allylic oxidation sites excluding steroid dienone is 2. The van der Waals surface area contributed by atoms with Crippen molar-refractivity contribution in [2.75, 3.05) is 13.2 Å². The molecule has 0 unspecified atom stereocenters. The lowest BCUT2D eigenvalue weighted by atomic mass is 9.43. The van der Waals surface area contributed by atoms with Gasteiger partial charge >= 0.3 is 11.9 Å². The highest BCUT2D eigenvalue weighted by Crippen LogP contribution is 2.64. The largest absolute Gasteiger partial charge is 0.461 e. The molecule has 6 heteroatoms. The second-order valence-corrected chi connectivity index (χ2v) is 11.3. The Morgan fingerprint density at radius 3 is 2.48 bits per heavy atom. The molecule has 182 valence electrons. The van der Waals surface area contributed by atoms with Gasteiger partial charge in [0.25, 0.3) is 0 Å². The molecule has 0 aromatic heterocycles. The lowest BCUT2D eigenvalue weighted by molar-refractivity contribution is -0.185. The van der Waals surface area contributed by atoms with Crippen LogP contribution in [0, 0.1) is 34.5 Å². The summed E-state index contributed by atoms with van der Waals surface area (Å²) in [6, 6.07) is 0. The first-order valence-corrected chi connectivity index (χ1v) is 12.3. The minimum absolute atomic E-state index is 0.0836. The zero-order valence-electron chi connectivity index (χ0n) is 20.8. The second-order valence-electron chi connectivity index (χ2n) is 11.3. The summed E-state index contributed by atoms with van der Waals surface area (Å²) in [6.45, 7) is 12.6. The summed E-state index contributed by atoms with van der Waals surface area (Å²) in [5, 5.41) is 0. The average Bonchev–Trinajstić information content (AvgIpc) is 3.58. The molecule has 1 heterocycles. The van der Waals surface area contributed by atoms with E-state index in [1.807, 2.05) is 6.92 Å². The van der Waals surface area contributed by atoms with E-state index in [2.05, 4.69) is 20.8 Å². The van der Waals surface area contributed by atoms with Gasteiger partial charge in [0, 0.05) is 29.7 Å². The van der Waals surface area contributed by atoms with Crippen LogP contribution < -0.4 is 0 Å². The van der Waals surface area contributed by atoms with Crippen LogP contribution in [0.3, 0.4) is 0 Å². The maximum atomic E-state index is 13.6. The van der Waals surface area contributed by atoms with Crippen molar-refractivity contribution in [1.29, 1.82) is 0 Å². The van der Waals surface area contributed by atoms with Crippen LogP contribution in [0.5, 0.6) is 0 Å². The topological polar surface area (TPSA) is 82.2 Å². The Morgan fingerprint density at radius 2 is 1.88 bits per heavy atom. The molecule has 0 aromatic rings. The predicted octanol–water partition coefficient (Wildman–Crippen LogP) is 4.42. The molecule has 1 saturated heterocycles. The number of carbonyl (C=O) groups excluding carboxylic acids is 3. The van der Waals surface area contributed by atoms with E-state index in [-0.39, 0.29) is 71.0 Å². The molecule has 7 atom stereocenters. The molecule has 0 bridgehead atoms. The molecule has 0 amide bonds. The van der Waals surface area contributed by atoms with Gasteiger partial charge in [0.1, 0.15) is 12.7 Å². The van der Waals surface area contributed by atoms with Crippen LogP contribution in [0.1, 0.15) is 67.2 Å². The molecule has 0 radical (unpaired) electrons. The van der Waals surface area contributed by atoms with Gasteiger partial charge in [0.05, 0.1) is 12.7 Å². The minimum atomic E-state index is -0.334. The van der Waals surface area contributed by atoms with E-state index in [0.29, 0.717) is 12.2 Å². The van der Waals surface area contributed by atoms with Gasteiger partial charge in [-0.25, -0.2) is 4.79 Å². The summed E-state index contributed by atoms with van der Waals surface area (Å²) in [5.74, 6) is 0.0895. The molecule has 3 aliphatic carbocycles. The number of rotatable bonds is 5. The van der Waals surface area contributed by atoms with Crippen LogP contribution in [0.15, 0.2) is 23.3 Å². The smallest absolute Gasteiger partial charge is 0.333 e. The molecule has 3 fully saturated rings. The van der Waals surface area contributed by atoms with E-state index in [4.69, 9.17) is 14.2 Å². The van der Waals surface area contributed by atoms with Gasteiger partial charge in [-0.15, -0.1) is 0 Å². The molecule has 33 heavy (non-hydrogen) atoms. The highest BCUT2D eigenvalue weighted by atomic mass is 16.6. The highest BCUT2D eigenvalue weighted by Gasteiger charge is 2.63. The SMILES string of the molecule is C/C=C(/C)C(=O)O[C@@H]1CC[C@@]2(C)[C@@H]3C(=O)C=C(COC(C)=O)[C@H]([C@@H]4CO4)[C@H]3CC[C@@H]2C1(C)C. The van der Waals surface area contributed by atoms with Gasteiger partial charge in [-0.3, -0.25) is 9.59 Å². The van der Waals surface area contributed by atoms with E-state index in [9.17, 15) is 14.4 Å². The van der Waals surface area contributed by atoms with Gasteiger partial charge < -0.3 is 14.2 Å². The lowest BCUT2D eigenvalue weighted by Crippen LogP contribution is -2.60. The van der Waals surface area contributed by atoms with E-state index in [0.717, 1.165) is 31.3 Å². The Morgan fingerprint density at radius 1 is 1.18 bits per heavy atom. The summed E-state index contributed by atoms with van der Waals surface area (Å²) in [4.78, 5) is 37.5. The zero-order valence-corrected chi connectivity index (χ0v) is 20.8. The van der Waals surface area contributed by atoms with E-state index < -0.39 is 0 Å². The maximum Gasteiger partial charge on any atom is 0.333 e. The van der Waals surface area contributed by atoms with Gasteiger partial charge in [0.15, 0.2) is 5.78 Å². The molecule has 2 saturated carbocycles. The molecule has 0 N–H and O–H groups in total. The van der Waals surface area contributed by atoms with Gasteiger partial charge in [-0.2, -0.15) is 0 Å². The van der Waals surface area contributed by atoms with Crippen molar-refractivity contribution >= 4 is 17.7 Å². The van der Waals surface area contributed by atoms with Crippen LogP contribution in [-0.2, 0) is 28.6 Å². The number of ketones is 1. The van der Waals surface area contributed by atoms with Crippen molar-refractivity contribution in [3.63, 3.8) is 0 Å². The first-order chi connectivity index (χ1) is 15.5. The van der Waals surface area contributed by atoms with Crippen molar-refractivity contribution in [1.82, 2.24) is 0 Å². The van der Waals surface area contributed by atoms with Crippen molar-refractivity contribution in [3.05, 3.63) is 23.3 Å². The van der Waals surface area contributed by atoms with Gasteiger partial charge in [0.2, 0.25) is 0 Å². The normalized spacial score (nSPS) is 39.6. The fraction of sp³-hybridized carbons (Fsp3) is 0.741. The maximum absolute atomic E-state index is 13.6. The number of ether oxygens (including phenoxy) is 3. The average molecular weight is 459 g/mol. The molecule has 1 aliphatic heterocycles. The summed E-state index contributed by atoms with van der Waals surface area (Å²) in [6.07, 6.45) is 7.01. The molecule has 0 spiro atoms. The molecule has 4 aliphatic rings. The Kier molecular flexibility index (Phi) is 6.36. The zero-order chi connectivity index (χ0) is 24.1. The lowest BCUT2D eigenvalue weighted by Gasteiger charge is -2.62. The highest BCUT2D eigenvalue weighted by molar-refractivity contribution is 5.94. The molecule has 6 nitrogen and oxygen atoms in total. The standard InChI is InChI=1S/C27H38O6/c1-7-15(2)25(30)33-22-10-11-27(6)21(26(22,4)5)9-8-18-23(20-14-32-20)17(13-31-16(3)28)12-19(29)24(18)27/h7,12,18,20-24H,8-11,13-14H2,1-6H3/b15-7-/t18-,20+,21-,22-,23+,24+,27-/m1/s1. The molecule has 0 aromatic carbocycles. The fourth-order valence-corrected chi connectivity index (χ4v) is 7.37. The van der Waals surface area contributed by atoms with Crippen LogP contribution in [0.2, 0.25) is 0 Å². The van der Waals surface area contributed by atoms with E-state index in [1.165, 1.54) is 6.92 Å². The summed E-state index contributed by atoms with van der Waals surface area (Å²) < 4.78 is 17.0. The van der Waals surface area contributed by atoms with E-state index in [1.54, 1.807) is 19.1 Å². The number of hydrogen-bond donors (Lipinski definition) is 0. The van der Waals surface area contributed by atoms with Crippen LogP contribution >= 0.6 is 0 Å². The third-order valence-electron chi connectivity index (χ3n) is 9.13. The second kappa shape index (κ2) is 8.68. The molecular formula is C27H38O6. The quantitative estimate of drug-likeness (QED) is 0.345. The summed E-state index contributed by atoms with van der Waals surface area (Å²) >= 11 is 0. The van der Waals surface area contributed by atoms with Crippen molar-refractivity contribution in [2.45, 2.75) is 79.4 Å². The Labute approximate surface area is 197 Å². The summed E-state index contributed by atoms with van der Waals surface area (Å²) in [5.41, 5.74) is 1.14. The van der Waals surface area contributed by atoms with Crippen molar-refractivity contribution in [2.24, 2.45) is 34.5 Å². The monoisotopic (exact) mass is 458 g/mol. The van der Waals surface area contributed by atoms with Crippen LogP contribution in [0.25, 0.3) is 0 Å². The van der Waals surface area contributed by atoms with Crippen LogP contribution in [-0.4, -0.2) is 43.1 Å². The number of hydrogen-bond acceptors (Lipinski definition) is 6. The summed E-state index contributed by atoms with van der Waals surface area (Å²) in [7, 11) is 0. The molecular weight excluding hydrogens is 420 g/mol. The number of carbonyl (C=O) groups is 3. The van der Waals surface area contributed by atoms with Gasteiger partial charge in [-0.1, -0.05) is 26.8 Å². The minimum Gasteiger partial charge on any atom is -0.461 e. The van der Waals surface area contributed by atoms with Crippen LogP contribution in [0.4, 0.5) is 0 Å². The predicted molar refractivity (Wildman–Crippen MR) is 123 cm³/mol. The number of fused-ring (bicyclic) bond motifs is 3. The number of esters is 2. The Bertz CT molecular complexity index is 894. The molecule has 4 rings (SSSR count). The van der Waals surface area contributed by atoms with Gasteiger partial charge in [-0.05, 0) is 68.4 Å². The third-order valence-corrected chi connectivity index (χ3v) is 9.13.